The zero-order valence-electron chi connectivity index (χ0n) is 15.4. The third-order valence-electron chi connectivity index (χ3n) is 4.41. The van der Waals surface area contributed by atoms with E-state index in [1.54, 1.807) is 4.90 Å². The summed E-state index contributed by atoms with van der Waals surface area (Å²) in [7, 11) is 0. The predicted octanol–water partition coefficient (Wildman–Crippen LogP) is 0.995. The lowest BCUT2D eigenvalue weighted by Crippen LogP contribution is -2.52. The molecule has 2 aliphatic rings. The molecule has 2 aliphatic heterocycles. The highest BCUT2D eigenvalue weighted by molar-refractivity contribution is 5.79. The fourth-order valence-electron chi connectivity index (χ4n) is 3.16. The molecule has 2 N–H and O–H groups in total. The molecule has 0 aliphatic carbocycles. The first-order chi connectivity index (χ1) is 11.8. The molecule has 2 saturated heterocycles. The highest BCUT2D eigenvalue weighted by Gasteiger charge is 2.29. The number of piperidine rings is 1. The number of ether oxygens (including phenoxy) is 1. The molecule has 8 nitrogen and oxygen atoms in total. The van der Waals surface area contributed by atoms with Crippen LogP contribution in [0.25, 0.3) is 0 Å². The summed E-state index contributed by atoms with van der Waals surface area (Å²) >= 11 is 0. The molecule has 2 rings (SSSR count). The van der Waals surface area contributed by atoms with Gasteiger partial charge in [-0.2, -0.15) is 5.26 Å². The lowest BCUT2D eigenvalue weighted by atomic mass is 10.1. The van der Waals surface area contributed by atoms with Gasteiger partial charge in [-0.15, -0.1) is 0 Å². The van der Waals surface area contributed by atoms with Gasteiger partial charge in [-0.05, 0) is 46.5 Å². The minimum absolute atomic E-state index is 0.00152. The maximum atomic E-state index is 12.2. The van der Waals surface area contributed by atoms with Gasteiger partial charge < -0.3 is 15.0 Å². The lowest BCUT2D eigenvalue weighted by Gasteiger charge is -2.33. The molecule has 25 heavy (non-hydrogen) atoms. The number of carbonyl (C=O) groups excluding carboxylic acids is 2. The van der Waals surface area contributed by atoms with Crippen molar-refractivity contribution in [1.29, 1.82) is 5.26 Å². The zero-order chi connectivity index (χ0) is 18.4. The van der Waals surface area contributed by atoms with Crippen LogP contribution in [0, 0.1) is 11.3 Å². The highest BCUT2D eigenvalue weighted by Crippen LogP contribution is 2.16. The quantitative estimate of drug-likeness (QED) is 0.784. The third kappa shape index (κ3) is 6.18. The van der Waals surface area contributed by atoms with E-state index in [1.807, 2.05) is 25.8 Å². The van der Waals surface area contributed by atoms with E-state index >= 15 is 0 Å². The molecule has 1 atom stereocenters. The minimum Gasteiger partial charge on any atom is -0.443 e. The van der Waals surface area contributed by atoms with E-state index in [2.05, 4.69) is 16.8 Å². The Hall–Kier alpha value is -1.85. The first-order valence-electron chi connectivity index (χ1n) is 8.95. The Balaban J connectivity index is 1.66. The van der Waals surface area contributed by atoms with E-state index in [1.165, 1.54) is 0 Å². The van der Waals surface area contributed by atoms with E-state index in [-0.39, 0.29) is 24.5 Å². The van der Waals surface area contributed by atoms with Gasteiger partial charge in [0, 0.05) is 25.7 Å². The molecule has 0 aromatic heterocycles. The van der Waals surface area contributed by atoms with E-state index in [0.717, 1.165) is 25.7 Å². The highest BCUT2D eigenvalue weighted by atomic mass is 16.6. The average Bonchev–Trinajstić information content (AvgIpc) is 3.00. The van der Waals surface area contributed by atoms with Crippen molar-refractivity contribution in [2.24, 2.45) is 0 Å². The number of hydrogen-bond acceptors (Lipinski definition) is 6. The average molecular weight is 351 g/mol. The second-order valence-electron chi connectivity index (χ2n) is 7.63. The summed E-state index contributed by atoms with van der Waals surface area (Å²) in [6.07, 6.45) is 2.91. The molecule has 0 saturated carbocycles. The number of likely N-dealkylation sites (tertiary alicyclic amines) is 1. The lowest BCUT2D eigenvalue weighted by molar-refractivity contribution is -0.130. The van der Waals surface area contributed by atoms with Crippen LogP contribution in [0.15, 0.2) is 0 Å². The van der Waals surface area contributed by atoms with Crippen LogP contribution in [0.5, 0.6) is 0 Å². The number of hydrogen-bond donors (Lipinski definition) is 2. The first-order valence-corrected chi connectivity index (χ1v) is 8.95. The van der Waals surface area contributed by atoms with Gasteiger partial charge in [-0.3, -0.25) is 10.2 Å². The summed E-state index contributed by atoms with van der Waals surface area (Å²) in [5.41, 5.74) is 2.24. The van der Waals surface area contributed by atoms with Crippen molar-refractivity contribution in [1.82, 2.24) is 20.7 Å². The van der Waals surface area contributed by atoms with Gasteiger partial charge in [0.15, 0.2) is 0 Å². The van der Waals surface area contributed by atoms with Crippen molar-refractivity contribution in [3.8, 4) is 6.07 Å². The molecule has 0 radical (unpaired) electrons. The Morgan fingerprint density at radius 2 is 1.88 bits per heavy atom. The molecule has 0 unspecified atom stereocenters. The summed E-state index contributed by atoms with van der Waals surface area (Å²) in [6, 6.07) is 2.16. The van der Waals surface area contributed by atoms with Gasteiger partial charge in [-0.1, -0.05) is 0 Å². The summed E-state index contributed by atoms with van der Waals surface area (Å²) in [5, 5.41) is 14.2. The number of nitriles is 1. The van der Waals surface area contributed by atoms with Crippen molar-refractivity contribution < 1.29 is 14.3 Å². The maximum Gasteiger partial charge on any atom is 0.422 e. The second kappa shape index (κ2) is 8.50. The second-order valence-corrected chi connectivity index (χ2v) is 7.63. The number of rotatable bonds is 4. The summed E-state index contributed by atoms with van der Waals surface area (Å²) in [6.45, 7) is 7.84. The van der Waals surface area contributed by atoms with Crippen LogP contribution in [-0.2, 0) is 9.53 Å². The van der Waals surface area contributed by atoms with Crippen molar-refractivity contribution in [2.45, 2.75) is 64.1 Å². The van der Waals surface area contributed by atoms with Crippen LogP contribution in [0.4, 0.5) is 4.79 Å². The number of amides is 2. The van der Waals surface area contributed by atoms with Crippen LogP contribution in [0.3, 0.4) is 0 Å². The molecule has 8 heteroatoms. The Bertz CT molecular complexity index is 517. The molecule has 0 spiro atoms. The Morgan fingerprint density at radius 3 is 2.48 bits per heavy atom. The largest absolute Gasteiger partial charge is 0.443 e. The van der Waals surface area contributed by atoms with Gasteiger partial charge in [-0.25, -0.2) is 9.80 Å². The van der Waals surface area contributed by atoms with Gasteiger partial charge in [0.2, 0.25) is 5.91 Å². The van der Waals surface area contributed by atoms with E-state index in [0.29, 0.717) is 19.6 Å². The Kier molecular flexibility index (Phi) is 6.62. The molecular formula is C17H29N5O3. The Labute approximate surface area is 149 Å². The summed E-state index contributed by atoms with van der Waals surface area (Å²) in [4.78, 5) is 25.7. The number of hydrazine groups is 1. The summed E-state index contributed by atoms with van der Waals surface area (Å²) < 4.78 is 5.24. The normalized spacial score (nSPS) is 22.5. The minimum atomic E-state index is -0.513. The molecule has 0 aromatic rings. The smallest absolute Gasteiger partial charge is 0.422 e. The standard InChI is InChI=1S/C17H29N5O3/c1-17(2,3)25-16(24)20-21-9-6-13(7-10-21)19-12-15(23)22-8-4-5-14(22)11-18/h13-14,19H,4-10,12H2,1-3H3,(H,20,24)/t14-/m0/s1. The molecule has 0 bridgehead atoms. The number of nitrogens with zero attached hydrogens (tertiary/aromatic N) is 3. The van der Waals surface area contributed by atoms with Crippen LogP contribution in [0.1, 0.15) is 46.5 Å². The molecule has 2 fully saturated rings. The topological polar surface area (TPSA) is 97.7 Å². The van der Waals surface area contributed by atoms with E-state index < -0.39 is 11.7 Å². The zero-order valence-corrected chi connectivity index (χ0v) is 15.4. The van der Waals surface area contributed by atoms with E-state index in [4.69, 9.17) is 10.00 Å². The molecular weight excluding hydrogens is 322 g/mol. The number of nitrogens with one attached hydrogen (secondary N) is 2. The Morgan fingerprint density at radius 1 is 1.20 bits per heavy atom. The molecule has 2 amide bonds. The van der Waals surface area contributed by atoms with Gasteiger partial charge >= 0.3 is 6.09 Å². The van der Waals surface area contributed by atoms with Gasteiger partial charge in [0.25, 0.3) is 0 Å². The first kappa shape index (κ1) is 19.5. The van der Waals surface area contributed by atoms with Crippen molar-refractivity contribution in [2.75, 3.05) is 26.2 Å². The van der Waals surface area contributed by atoms with Crippen LogP contribution >= 0.6 is 0 Å². The maximum absolute atomic E-state index is 12.2. The van der Waals surface area contributed by atoms with Crippen LogP contribution in [0.2, 0.25) is 0 Å². The van der Waals surface area contributed by atoms with Gasteiger partial charge in [0.1, 0.15) is 11.6 Å². The fraction of sp³-hybridized carbons (Fsp3) is 0.824. The van der Waals surface area contributed by atoms with Crippen molar-refractivity contribution in [3.05, 3.63) is 0 Å². The fourth-order valence-corrected chi connectivity index (χ4v) is 3.16. The van der Waals surface area contributed by atoms with Gasteiger partial charge in [0.05, 0.1) is 12.6 Å². The van der Waals surface area contributed by atoms with Crippen molar-refractivity contribution in [3.63, 3.8) is 0 Å². The van der Waals surface area contributed by atoms with Crippen LogP contribution in [-0.4, -0.2) is 65.8 Å². The summed E-state index contributed by atoms with van der Waals surface area (Å²) in [5.74, 6) is -0.00152. The SMILES string of the molecule is CC(C)(C)OC(=O)NN1CCC(NCC(=O)N2CCC[C@H]2C#N)CC1. The van der Waals surface area contributed by atoms with Crippen LogP contribution < -0.4 is 10.7 Å². The van der Waals surface area contributed by atoms with E-state index in [9.17, 15) is 9.59 Å². The third-order valence-corrected chi connectivity index (χ3v) is 4.41. The monoisotopic (exact) mass is 351 g/mol. The van der Waals surface area contributed by atoms with Crippen molar-refractivity contribution >= 4 is 12.0 Å². The molecule has 140 valence electrons. The number of carbonyl (C=O) groups is 2. The molecule has 0 aromatic carbocycles. The predicted molar refractivity (Wildman–Crippen MR) is 92.3 cm³/mol. The molecule has 2 heterocycles.